The number of carbonyl (C=O) groups is 1. The zero-order valence-electron chi connectivity index (χ0n) is 10.5. The predicted molar refractivity (Wildman–Crippen MR) is 64.6 cm³/mol. The Kier molecular flexibility index (Phi) is 4.41. The number of hydrogen-bond donors (Lipinski definition) is 2. The molecule has 106 valence electrons. The van der Waals surface area contributed by atoms with Crippen LogP contribution in [0.3, 0.4) is 0 Å². The molecule has 0 radical (unpaired) electrons. The smallest absolute Gasteiger partial charge is 0.404 e. The number of halogens is 3. The lowest BCUT2D eigenvalue weighted by molar-refractivity contribution is -0.274. The molecule has 0 aliphatic carbocycles. The molecule has 1 amide bonds. The van der Waals surface area contributed by atoms with Crippen LogP contribution >= 0.6 is 0 Å². The Balaban J connectivity index is 2.93. The molecule has 3 N–H and O–H groups in total. The van der Waals surface area contributed by atoms with Crippen molar-refractivity contribution in [2.45, 2.75) is 20.2 Å². The Morgan fingerprint density at radius 1 is 1.32 bits per heavy atom. The highest BCUT2D eigenvalue weighted by molar-refractivity contribution is 5.96. The minimum atomic E-state index is -4.82. The molecular weight excluding hydrogens is 261 g/mol. The predicted octanol–water partition coefficient (Wildman–Crippen LogP) is 2.51. The van der Waals surface area contributed by atoms with Crippen LogP contribution < -0.4 is 15.8 Å². The summed E-state index contributed by atoms with van der Waals surface area (Å²) in [7, 11) is 0. The van der Waals surface area contributed by atoms with E-state index >= 15 is 0 Å². The van der Waals surface area contributed by atoms with Crippen LogP contribution in [-0.4, -0.2) is 18.8 Å². The van der Waals surface area contributed by atoms with Gasteiger partial charge < -0.3 is 15.8 Å². The van der Waals surface area contributed by atoms with Crippen molar-refractivity contribution in [1.29, 1.82) is 0 Å². The quantitative estimate of drug-likeness (QED) is 0.888. The van der Waals surface area contributed by atoms with Gasteiger partial charge in [0.25, 0.3) is 0 Å². The molecule has 0 unspecified atom stereocenters. The molecule has 1 rings (SSSR count). The molecule has 0 saturated heterocycles. The van der Waals surface area contributed by atoms with Gasteiger partial charge in [-0.25, -0.2) is 0 Å². The number of para-hydroxylation sites is 2. The third-order valence-electron chi connectivity index (χ3n) is 2.49. The van der Waals surface area contributed by atoms with Crippen LogP contribution in [0.1, 0.15) is 13.8 Å². The maximum absolute atomic E-state index is 12.2. The molecule has 0 bridgehead atoms. The van der Waals surface area contributed by atoms with E-state index in [-0.39, 0.29) is 12.2 Å². The van der Waals surface area contributed by atoms with Crippen molar-refractivity contribution in [2.75, 3.05) is 11.9 Å². The minimum Gasteiger partial charge on any atom is -0.404 e. The Morgan fingerprint density at radius 3 is 2.42 bits per heavy atom. The van der Waals surface area contributed by atoms with Crippen LogP contribution in [0.4, 0.5) is 18.9 Å². The van der Waals surface area contributed by atoms with Crippen LogP contribution in [0.5, 0.6) is 5.75 Å². The van der Waals surface area contributed by atoms with Crippen molar-refractivity contribution in [3.8, 4) is 5.75 Å². The summed E-state index contributed by atoms with van der Waals surface area (Å²) >= 11 is 0. The minimum absolute atomic E-state index is 0.0497. The Morgan fingerprint density at radius 2 is 1.89 bits per heavy atom. The molecule has 19 heavy (non-hydrogen) atoms. The van der Waals surface area contributed by atoms with Gasteiger partial charge in [0.1, 0.15) is 0 Å². The van der Waals surface area contributed by atoms with Gasteiger partial charge in [0.15, 0.2) is 5.75 Å². The highest BCUT2D eigenvalue weighted by Crippen LogP contribution is 2.30. The second-order valence-corrected chi connectivity index (χ2v) is 4.59. The zero-order chi connectivity index (χ0) is 14.7. The van der Waals surface area contributed by atoms with Crippen LogP contribution in [0.25, 0.3) is 0 Å². The lowest BCUT2D eigenvalue weighted by Gasteiger charge is -2.22. The maximum Gasteiger partial charge on any atom is 0.573 e. The van der Waals surface area contributed by atoms with Crippen LogP contribution in [0.15, 0.2) is 24.3 Å². The fourth-order valence-electron chi connectivity index (χ4n) is 1.17. The van der Waals surface area contributed by atoms with Crippen LogP contribution in [0.2, 0.25) is 0 Å². The number of carbonyl (C=O) groups excluding carboxylic acids is 1. The van der Waals surface area contributed by atoms with Crippen molar-refractivity contribution in [3.63, 3.8) is 0 Å². The van der Waals surface area contributed by atoms with Crippen molar-refractivity contribution in [2.24, 2.45) is 11.1 Å². The number of nitrogens with one attached hydrogen (secondary N) is 1. The van der Waals surface area contributed by atoms with Gasteiger partial charge in [-0.1, -0.05) is 12.1 Å². The number of hydrogen-bond acceptors (Lipinski definition) is 3. The first-order valence-electron chi connectivity index (χ1n) is 5.52. The fourth-order valence-corrected chi connectivity index (χ4v) is 1.17. The zero-order valence-corrected chi connectivity index (χ0v) is 10.5. The number of nitrogens with two attached hydrogens (primary N) is 1. The summed E-state index contributed by atoms with van der Waals surface area (Å²) in [5.74, 6) is -0.940. The molecule has 7 heteroatoms. The lowest BCUT2D eigenvalue weighted by atomic mass is 9.92. The van der Waals surface area contributed by atoms with E-state index in [9.17, 15) is 18.0 Å². The normalized spacial score (nSPS) is 12.1. The highest BCUT2D eigenvalue weighted by Gasteiger charge is 2.33. The summed E-state index contributed by atoms with van der Waals surface area (Å²) in [6.45, 7) is 3.26. The van der Waals surface area contributed by atoms with Gasteiger partial charge in [0.05, 0.1) is 11.1 Å². The molecule has 0 heterocycles. The summed E-state index contributed by atoms with van der Waals surface area (Å²) in [4.78, 5) is 11.9. The monoisotopic (exact) mass is 276 g/mol. The molecule has 0 spiro atoms. The van der Waals surface area contributed by atoms with Crippen LogP contribution in [0, 0.1) is 5.41 Å². The molecular formula is C12H15F3N2O2. The summed E-state index contributed by atoms with van der Waals surface area (Å²) in [6.07, 6.45) is -4.82. The summed E-state index contributed by atoms with van der Waals surface area (Å²) in [5.41, 5.74) is 4.50. The van der Waals surface area contributed by atoms with Gasteiger partial charge in [0, 0.05) is 6.54 Å². The molecule has 4 nitrogen and oxygen atoms in total. The van der Waals surface area contributed by atoms with Gasteiger partial charge in [-0.05, 0) is 26.0 Å². The number of amides is 1. The van der Waals surface area contributed by atoms with E-state index < -0.39 is 23.4 Å². The molecule has 0 aliphatic heterocycles. The average Bonchev–Trinajstić information content (AvgIpc) is 2.29. The second kappa shape index (κ2) is 5.48. The number of rotatable bonds is 4. The Labute approximate surface area is 108 Å². The van der Waals surface area contributed by atoms with E-state index in [4.69, 9.17) is 5.73 Å². The van der Waals surface area contributed by atoms with Crippen molar-refractivity contribution in [3.05, 3.63) is 24.3 Å². The number of alkyl halides is 3. The van der Waals surface area contributed by atoms with E-state index in [1.54, 1.807) is 13.8 Å². The molecule has 1 aromatic rings. The average molecular weight is 276 g/mol. The first-order chi connectivity index (χ1) is 8.65. The van der Waals surface area contributed by atoms with Crippen LogP contribution in [-0.2, 0) is 4.79 Å². The van der Waals surface area contributed by atoms with Gasteiger partial charge >= 0.3 is 6.36 Å². The Bertz CT molecular complexity index is 459. The molecule has 1 aromatic carbocycles. The summed E-state index contributed by atoms with van der Waals surface area (Å²) < 4.78 is 40.4. The molecule has 0 saturated carbocycles. The fraction of sp³-hybridized carbons (Fsp3) is 0.417. The number of ether oxygens (including phenoxy) is 1. The first kappa shape index (κ1) is 15.3. The van der Waals surface area contributed by atoms with Crippen molar-refractivity contribution >= 4 is 11.6 Å². The number of anilines is 1. The second-order valence-electron chi connectivity index (χ2n) is 4.59. The highest BCUT2D eigenvalue weighted by atomic mass is 19.4. The lowest BCUT2D eigenvalue weighted by Crippen LogP contribution is -2.37. The van der Waals surface area contributed by atoms with Gasteiger partial charge in [-0.15, -0.1) is 13.2 Å². The summed E-state index contributed by atoms with van der Waals surface area (Å²) in [5, 5.41) is 2.38. The third-order valence-corrected chi connectivity index (χ3v) is 2.49. The van der Waals surface area contributed by atoms with E-state index in [0.29, 0.717) is 0 Å². The molecule has 0 aromatic heterocycles. The number of benzene rings is 1. The first-order valence-corrected chi connectivity index (χ1v) is 5.52. The molecule has 0 fully saturated rings. The third kappa shape index (κ3) is 4.44. The summed E-state index contributed by atoms with van der Waals surface area (Å²) in [6, 6.07) is 5.32. The van der Waals surface area contributed by atoms with Crippen molar-refractivity contribution < 1.29 is 22.7 Å². The largest absolute Gasteiger partial charge is 0.573 e. The van der Waals surface area contributed by atoms with Gasteiger partial charge in [0.2, 0.25) is 5.91 Å². The van der Waals surface area contributed by atoms with E-state index in [1.165, 1.54) is 18.2 Å². The van der Waals surface area contributed by atoms with E-state index in [0.717, 1.165) is 6.07 Å². The van der Waals surface area contributed by atoms with Crippen molar-refractivity contribution in [1.82, 2.24) is 0 Å². The molecule has 0 aliphatic rings. The van der Waals surface area contributed by atoms with Gasteiger partial charge in [-0.3, -0.25) is 4.79 Å². The topological polar surface area (TPSA) is 64.4 Å². The van der Waals surface area contributed by atoms with E-state index in [1.807, 2.05) is 0 Å². The van der Waals surface area contributed by atoms with E-state index in [2.05, 4.69) is 10.1 Å². The SMILES string of the molecule is CC(C)(CN)C(=O)Nc1ccccc1OC(F)(F)F. The standard InChI is InChI=1S/C12H15F3N2O2/c1-11(2,7-16)10(18)17-8-5-3-4-6-9(8)19-12(13,14)15/h3-6H,7,16H2,1-2H3,(H,17,18). The Hall–Kier alpha value is -1.76. The van der Waals surface area contributed by atoms with Gasteiger partial charge in [-0.2, -0.15) is 0 Å². The molecule has 0 atom stereocenters. The maximum atomic E-state index is 12.2.